The first-order valence-electron chi connectivity index (χ1n) is 10.9. The van der Waals surface area contributed by atoms with Gasteiger partial charge < -0.3 is 15.1 Å². The molecular weight excluding hydrogens is 542 g/mol. The zero-order valence-electron chi connectivity index (χ0n) is 18.7. The van der Waals surface area contributed by atoms with E-state index in [1.165, 1.54) is 0 Å². The van der Waals surface area contributed by atoms with Crippen LogP contribution in [0.3, 0.4) is 0 Å². The highest BCUT2D eigenvalue weighted by atomic mass is 79.9. The fraction of sp³-hybridized carbons (Fsp3) is 0.214. The fourth-order valence-electron chi connectivity index (χ4n) is 4.50. The number of phenols is 1. The van der Waals surface area contributed by atoms with Crippen molar-refractivity contribution in [2.45, 2.75) is 17.9 Å². The Bertz CT molecular complexity index is 1260. The van der Waals surface area contributed by atoms with E-state index in [-0.39, 0.29) is 5.75 Å². The van der Waals surface area contributed by atoms with Crippen molar-refractivity contribution in [3.8, 4) is 5.75 Å². The number of aliphatic hydroxyl groups is 1. The predicted molar refractivity (Wildman–Crippen MR) is 143 cm³/mol. The first-order chi connectivity index (χ1) is 15.8. The van der Waals surface area contributed by atoms with Gasteiger partial charge in [-0.3, -0.25) is 0 Å². The van der Waals surface area contributed by atoms with E-state index < -0.39 is 11.5 Å². The van der Waals surface area contributed by atoms with E-state index in [0.29, 0.717) is 18.5 Å². The van der Waals surface area contributed by atoms with Gasteiger partial charge in [-0.25, -0.2) is 0 Å². The van der Waals surface area contributed by atoms with Crippen molar-refractivity contribution in [3.05, 3.63) is 111 Å². The molecule has 4 rings (SSSR count). The van der Waals surface area contributed by atoms with E-state index in [1.54, 1.807) is 6.07 Å². The molecule has 4 aromatic rings. The third kappa shape index (κ3) is 5.02. The molecule has 2 N–H and O–H groups in total. The predicted octanol–water partition coefficient (Wildman–Crippen LogP) is 7.04. The van der Waals surface area contributed by atoms with E-state index in [4.69, 9.17) is 0 Å². The molecule has 0 heterocycles. The van der Waals surface area contributed by atoms with E-state index in [2.05, 4.69) is 36.8 Å². The number of halogens is 2. The van der Waals surface area contributed by atoms with Gasteiger partial charge in [-0.15, -0.1) is 0 Å². The number of hydrogen-bond donors (Lipinski definition) is 2. The summed E-state index contributed by atoms with van der Waals surface area (Å²) in [4.78, 5) is 2.07. The van der Waals surface area contributed by atoms with Gasteiger partial charge in [0.05, 0.1) is 0 Å². The van der Waals surface area contributed by atoms with Crippen molar-refractivity contribution in [2.24, 2.45) is 0 Å². The molecule has 0 fully saturated rings. The molecule has 170 valence electrons. The Balaban J connectivity index is 2.01. The number of aromatic hydroxyl groups is 1. The highest BCUT2D eigenvalue weighted by Gasteiger charge is 2.42. The van der Waals surface area contributed by atoms with Gasteiger partial charge in [0.25, 0.3) is 0 Å². The van der Waals surface area contributed by atoms with E-state index in [0.717, 1.165) is 30.8 Å². The summed E-state index contributed by atoms with van der Waals surface area (Å²) in [6.45, 7) is 0.682. The third-order valence-corrected chi connectivity index (χ3v) is 7.33. The average molecular weight is 569 g/mol. The second kappa shape index (κ2) is 9.98. The highest BCUT2D eigenvalue weighted by molar-refractivity contribution is 9.10. The van der Waals surface area contributed by atoms with Crippen LogP contribution in [0.4, 0.5) is 0 Å². The Morgan fingerprint density at radius 2 is 1.55 bits per heavy atom. The zero-order valence-corrected chi connectivity index (χ0v) is 21.8. The minimum atomic E-state index is -1.27. The average Bonchev–Trinajstić information content (AvgIpc) is 2.79. The summed E-state index contributed by atoms with van der Waals surface area (Å²) in [5.41, 5.74) is 1.17. The molecule has 0 aromatic heterocycles. The maximum atomic E-state index is 12.6. The third-order valence-electron chi connectivity index (χ3n) is 6.15. The largest absolute Gasteiger partial charge is 0.508 e. The lowest BCUT2D eigenvalue weighted by Crippen LogP contribution is -2.38. The van der Waals surface area contributed by atoms with Crippen molar-refractivity contribution < 1.29 is 10.2 Å². The molecule has 0 aliphatic carbocycles. The molecule has 33 heavy (non-hydrogen) atoms. The van der Waals surface area contributed by atoms with Gasteiger partial charge in [-0.05, 0) is 72.7 Å². The summed E-state index contributed by atoms with van der Waals surface area (Å²) in [6.07, 6.45) is 0.484. The molecule has 0 saturated carbocycles. The summed E-state index contributed by atoms with van der Waals surface area (Å²) in [5.74, 6) is -0.310. The second-order valence-corrected chi connectivity index (χ2v) is 10.5. The minimum absolute atomic E-state index is 0.175. The summed E-state index contributed by atoms with van der Waals surface area (Å²) < 4.78 is 1.81. The molecule has 2 atom stereocenters. The number of hydrogen-bond acceptors (Lipinski definition) is 3. The molecule has 2 unspecified atom stereocenters. The van der Waals surface area contributed by atoms with Crippen LogP contribution in [0.2, 0.25) is 0 Å². The second-order valence-electron chi connectivity index (χ2n) is 8.70. The van der Waals surface area contributed by atoms with Crippen LogP contribution >= 0.6 is 31.9 Å². The highest BCUT2D eigenvalue weighted by Crippen LogP contribution is 2.49. The van der Waals surface area contributed by atoms with Gasteiger partial charge in [-0.2, -0.15) is 0 Å². The topological polar surface area (TPSA) is 43.7 Å². The number of nitrogens with zero attached hydrogens (tertiary/aromatic N) is 1. The molecule has 3 nitrogen and oxygen atoms in total. The molecule has 5 heteroatoms. The van der Waals surface area contributed by atoms with Crippen LogP contribution in [-0.2, 0) is 5.60 Å². The Morgan fingerprint density at radius 3 is 2.24 bits per heavy atom. The summed E-state index contributed by atoms with van der Waals surface area (Å²) >= 11 is 7.24. The maximum Gasteiger partial charge on any atom is 0.120 e. The van der Waals surface area contributed by atoms with Gasteiger partial charge in [0, 0.05) is 27.0 Å². The zero-order chi connectivity index (χ0) is 23.6. The Morgan fingerprint density at radius 1 is 0.848 bits per heavy atom. The molecular formula is C28H27Br2NO2. The van der Waals surface area contributed by atoms with Crippen LogP contribution in [-0.4, -0.2) is 35.8 Å². The van der Waals surface area contributed by atoms with Crippen LogP contribution in [0.25, 0.3) is 10.8 Å². The van der Waals surface area contributed by atoms with Crippen molar-refractivity contribution in [3.63, 3.8) is 0 Å². The Labute approximate surface area is 212 Å². The van der Waals surface area contributed by atoms with E-state index >= 15 is 0 Å². The SMILES string of the molecule is CN(C)CCC(O)(c1ccccc1Br)C(c1ccccc1)c1cc2cc(Br)ccc2cc1O. The first kappa shape index (κ1) is 24.0. The molecule has 0 aliphatic rings. The van der Waals surface area contributed by atoms with Crippen LogP contribution in [0.15, 0.2) is 93.9 Å². The van der Waals surface area contributed by atoms with Crippen molar-refractivity contribution in [2.75, 3.05) is 20.6 Å². The van der Waals surface area contributed by atoms with Crippen molar-refractivity contribution >= 4 is 42.6 Å². The van der Waals surface area contributed by atoms with Crippen molar-refractivity contribution in [1.29, 1.82) is 0 Å². The Kier molecular flexibility index (Phi) is 7.25. The van der Waals surface area contributed by atoms with Crippen LogP contribution in [0.5, 0.6) is 5.75 Å². The summed E-state index contributed by atoms with van der Waals surface area (Å²) in [6, 6.07) is 27.5. The number of benzene rings is 4. The van der Waals surface area contributed by atoms with Gasteiger partial charge in [0.15, 0.2) is 0 Å². The quantitative estimate of drug-likeness (QED) is 0.251. The molecule has 0 bridgehead atoms. The molecule has 0 radical (unpaired) electrons. The molecule has 0 aliphatic heterocycles. The van der Waals surface area contributed by atoms with Gasteiger partial charge in [-0.1, -0.05) is 86.5 Å². The lowest BCUT2D eigenvalue weighted by Gasteiger charge is -2.39. The number of phenolic OH excluding ortho intramolecular Hbond substituents is 1. The van der Waals surface area contributed by atoms with E-state index in [9.17, 15) is 10.2 Å². The molecule has 4 aromatic carbocycles. The molecule has 0 spiro atoms. The first-order valence-corrected chi connectivity index (χ1v) is 12.5. The fourth-order valence-corrected chi connectivity index (χ4v) is 5.51. The summed E-state index contributed by atoms with van der Waals surface area (Å²) in [5, 5.41) is 25.7. The van der Waals surface area contributed by atoms with Gasteiger partial charge in [0.2, 0.25) is 0 Å². The maximum absolute atomic E-state index is 12.6. The van der Waals surface area contributed by atoms with Gasteiger partial charge >= 0.3 is 0 Å². The van der Waals surface area contributed by atoms with Crippen LogP contribution in [0, 0.1) is 0 Å². The summed E-state index contributed by atoms with van der Waals surface area (Å²) in [7, 11) is 4.01. The standard InChI is InChI=1S/C28H27Br2NO2/c1-31(2)15-14-28(33,24-10-6-7-11-25(24)30)27(19-8-4-3-5-9-19)23-17-21-16-22(29)13-12-20(21)18-26(23)32/h3-13,16-18,27,32-33H,14-15H2,1-2H3. The van der Waals surface area contributed by atoms with Crippen LogP contribution < -0.4 is 0 Å². The smallest absolute Gasteiger partial charge is 0.120 e. The lowest BCUT2D eigenvalue weighted by atomic mass is 9.71. The van der Waals surface area contributed by atoms with E-state index in [1.807, 2.05) is 93.0 Å². The number of fused-ring (bicyclic) bond motifs is 1. The monoisotopic (exact) mass is 567 g/mol. The normalized spacial score (nSPS) is 14.4. The Hall–Kier alpha value is -2.18. The molecule has 0 saturated heterocycles. The van der Waals surface area contributed by atoms with Crippen molar-refractivity contribution in [1.82, 2.24) is 4.90 Å². The molecule has 0 amide bonds. The lowest BCUT2D eigenvalue weighted by molar-refractivity contribution is 0.00327. The van der Waals surface area contributed by atoms with Gasteiger partial charge in [0.1, 0.15) is 11.4 Å². The number of rotatable bonds is 7. The van der Waals surface area contributed by atoms with Crippen LogP contribution in [0.1, 0.15) is 29.0 Å². The minimum Gasteiger partial charge on any atom is -0.508 e.